The molecule has 160 valence electrons. The standard InChI is InChI=1S/C22H27N3O5/c1-4-29-12-9-19-18(22(26)27)13-15(2)21(24-19)25-10-7-16(8-11-25)30-17-5-6-20(28-3)23-14-17/h5-6,9,12-14,16H,4,7-8,10-11H2,1-3H3,(H,26,27). The highest BCUT2D eigenvalue weighted by atomic mass is 16.5. The Balaban J connectivity index is 1.69. The molecule has 0 saturated carbocycles. The number of hydrogen-bond acceptors (Lipinski definition) is 7. The van der Waals surface area contributed by atoms with Crippen molar-refractivity contribution in [1.82, 2.24) is 9.97 Å². The smallest absolute Gasteiger partial charge is 0.337 e. The maximum absolute atomic E-state index is 11.6. The van der Waals surface area contributed by atoms with Gasteiger partial charge in [-0.05, 0) is 37.6 Å². The molecule has 8 heteroatoms. The molecule has 1 saturated heterocycles. The van der Waals surface area contributed by atoms with Crippen LogP contribution in [0.25, 0.3) is 6.08 Å². The summed E-state index contributed by atoms with van der Waals surface area (Å²) in [5.41, 5.74) is 1.39. The molecule has 8 nitrogen and oxygen atoms in total. The van der Waals surface area contributed by atoms with E-state index in [0.29, 0.717) is 18.2 Å². The molecule has 0 aromatic carbocycles. The summed E-state index contributed by atoms with van der Waals surface area (Å²) in [7, 11) is 1.58. The molecule has 0 unspecified atom stereocenters. The number of piperidine rings is 1. The Morgan fingerprint density at radius 1 is 1.33 bits per heavy atom. The van der Waals surface area contributed by atoms with Gasteiger partial charge in [-0.3, -0.25) is 0 Å². The molecule has 2 aromatic heterocycles. The van der Waals surface area contributed by atoms with Crippen molar-refractivity contribution >= 4 is 17.9 Å². The van der Waals surface area contributed by atoms with E-state index < -0.39 is 5.97 Å². The Hall–Kier alpha value is -3.29. The SMILES string of the molecule is CCOC=Cc1nc(N2CCC(Oc3ccc(OC)nc3)CC2)c(C)cc1C(=O)O. The third kappa shape index (κ3) is 5.20. The predicted molar refractivity (Wildman–Crippen MR) is 113 cm³/mol. The van der Waals surface area contributed by atoms with E-state index in [1.54, 1.807) is 31.5 Å². The number of rotatable bonds is 8. The number of methoxy groups -OCH3 is 1. The Morgan fingerprint density at radius 2 is 2.10 bits per heavy atom. The third-order valence-electron chi connectivity index (χ3n) is 4.90. The van der Waals surface area contributed by atoms with Gasteiger partial charge in [0, 0.05) is 32.0 Å². The fraction of sp³-hybridized carbons (Fsp3) is 0.409. The van der Waals surface area contributed by atoms with Crippen LogP contribution in [0, 0.1) is 6.92 Å². The van der Waals surface area contributed by atoms with Gasteiger partial charge >= 0.3 is 5.97 Å². The lowest BCUT2D eigenvalue weighted by molar-refractivity contribution is 0.0696. The third-order valence-corrected chi connectivity index (χ3v) is 4.90. The molecular formula is C22H27N3O5. The molecule has 0 amide bonds. The number of aromatic carboxylic acids is 1. The minimum absolute atomic E-state index is 0.0902. The van der Waals surface area contributed by atoms with Gasteiger partial charge in [-0.1, -0.05) is 0 Å². The summed E-state index contributed by atoms with van der Waals surface area (Å²) in [6.45, 7) is 5.79. The van der Waals surface area contributed by atoms with Crippen LogP contribution in [-0.2, 0) is 4.74 Å². The number of aromatic nitrogens is 2. The van der Waals surface area contributed by atoms with Gasteiger partial charge in [0.05, 0.1) is 37.4 Å². The Kier molecular flexibility index (Phi) is 7.11. The number of aryl methyl sites for hydroxylation is 1. The highest BCUT2D eigenvalue weighted by Crippen LogP contribution is 2.27. The number of ether oxygens (including phenoxy) is 3. The molecule has 1 aliphatic rings. The van der Waals surface area contributed by atoms with Crippen molar-refractivity contribution in [2.24, 2.45) is 0 Å². The van der Waals surface area contributed by atoms with Crippen LogP contribution in [0.3, 0.4) is 0 Å². The fourth-order valence-corrected chi connectivity index (χ4v) is 3.38. The lowest BCUT2D eigenvalue weighted by atomic mass is 10.1. The van der Waals surface area contributed by atoms with Gasteiger partial charge < -0.3 is 24.2 Å². The summed E-state index contributed by atoms with van der Waals surface area (Å²) in [4.78, 5) is 22.6. The zero-order chi connectivity index (χ0) is 21.5. The second kappa shape index (κ2) is 9.96. The average molecular weight is 413 g/mol. The van der Waals surface area contributed by atoms with Crippen LogP contribution in [0.1, 0.15) is 41.4 Å². The van der Waals surface area contributed by atoms with E-state index >= 15 is 0 Å². The summed E-state index contributed by atoms with van der Waals surface area (Å²) >= 11 is 0. The van der Waals surface area contributed by atoms with Crippen LogP contribution in [0.2, 0.25) is 0 Å². The Labute approximate surface area is 176 Å². The quantitative estimate of drug-likeness (QED) is 0.657. The van der Waals surface area contributed by atoms with Crippen LogP contribution < -0.4 is 14.4 Å². The number of carbonyl (C=O) groups is 1. The van der Waals surface area contributed by atoms with Crippen LogP contribution in [0.5, 0.6) is 11.6 Å². The van der Waals surface area contributed by atoms with Gasteiger partial charge in [-0.2, -0.15) is 0 Å². The molecular weight excluding hydrogens is 386 g/mol. The van der Waals surface area contributed by atoms with E-state index in [0.717, 1.165) is 43.1 Å². The minimum Gasteiger partial charge on any atom is -0.501 e. The summed E-state index contributed by atoms with van der Waals surface area (Å²) in [6, 6.07) is 5.30. The zero-order valence-corrected chi connectivity index (χ0v) is 17.5. The van der Waals surface area contributed by atoms with Crippen molar-refractivity contribution < 1.29 is 24.1 Å². The normalized spacial score (nSPS) is 14.7. The van der Waals surface area contributed by atoms with E-state index in [9.17, 15) is 9.90 Å². The van der Waals surface area contributed by atoms with Gasteiger partial charge in [0.2, 0.25) is 5.88 Å². The summed E-state index contributed by atoms with van der Waals surface area (Å²) in [5, 5.41) is 9.50. The van der Waals surface area contributed by atoms with Gasteiger partial charge in [0.25, 0.3) is 0 Å². The molecule has 1 N–H and O–H groups in total. The van der Waals surface area contributed by atoms with Crippen LogP contribution in [-0.4, -0.2) is 54.0 Å². The first-order chi connectivity index (χ1) is 14.5. The lowest BCUT2D eigenvalue weighted by Crippen LogP contribution is -2.39. The van der Waals surface area contributed by atoms with Crippen molar-refractivity contribution in [3.05, 3.63) is 47.5 Å². The van der Waals surface area contributed by atoms with Crippen LogP contribution >= 0.6 is 0 Å². The first-order valence-corrected chi connectivity index (χ1v) is 9.96. The zero-order valence-electron chi connectivity index (χ0n) is 17.5. The van der Waals surface area contributed by atoms with Crippen molar-refractivity contribution in [1.29, 1.82) is 0 Å². The molecule has 3 rings (SSSR count). The number of carboxylic acid groups (broad SMARTS) is 1. The number of carboxylic acids is 1. The topological polar surface area (TPSA) is 94.0 Å². The number of hydrogen-bond donors (Lipinski definition) is 1. The number of pyridine rings is 2. The van der Waals surface area contributed by atoms with E-state index in [2.05, 4.69) is 14.9 Å². The maximum atomic E-state index is 11.6. The second-order valence-electron chi connectivity index (χ2n) is 6.97. The lowest BCUT2D eigenvalue weighted by Gasteiger charge is -2.34. The van der Waals surface area contributed by atoms with E-state index in [1.165, 1.54) is 6.26 Å². The molecule has 0 atom stereocenters. The van der Waals surface area contributed by atoms with Gasteiger partial charge in [0.1, 0.15) is 17.7 Å². The minimum atomic E-state index is -1.01. The summed E-state index contributed by atoms with van der Waals surface area (Å²) < 4.78 is 16.3. The molecule has 0 radical (unpaired) electrons. The van der Waals surface area contributed by atoms with Gasteiger partial charge in [-0.25, -0.2) is 14.8 Å². The van der Waals surface area contributed by atoms with Gasteiger partial charge in [0.15, 0.2) is 0 Å². The van der Waals surface area contributed by atoms with E-state index in [1.807, 2.05) is 19.9 Å². The predicted octanol–water partition coefficient (Wildman–Crippen LogP) is 3.55. The molecule has 0 bridgehead atoms. The largest absolute Gasteiger partial charge is 0.501 e. The van der Waals surface area contributed by atoms with Crippen molar-refractivity contribution in [2.75, 3.05) is 31.7 Å². The Bertz CT molecular complexity index is 890. The molecule has 2 aromatic rings. The maximum Gasteiger partial charge on any atom is 0.337 e. The van der Waals surface area contributed by atoms with Crippen molar-refractivity contribution in [3.63, 3.8) is 0 Å². The van der Waals surface area contributed by atoms with Crippen molar-refractivity contribution in [2.45, 2.75) is 32.8 Å². The van der Waals surface area contributed by atoms with E-state index in [4.69, 9.17) is 14.2 Å². The first kappa shape index (κ1) is 21.4. The molecule has 3 heterocycles. The second-order valence-corrected chi connectivity index (χ2v) is 6.97. The van der Waals surface area contributed by atoms with E-state index in [-0.39, 0.29) is 11.7 Å². The van der Waals surface area contributed by atoms with Crippen LogP contribution in [0.4, 0.5) is 5.82 Å². The molecule has 1 aliphatic heterocycles. The van der Waals surface area contributed by atoms with Crippen molar-refractivity contribution in [3.8, 4) is 11.6 Å². The van der Waals surface area contributed by atoms with Gasteiger partial charge in [-0.15, -0.1) is 0 Å². The Morgan fingerprint density at radius 3 is 2.70 bits per heavy atom. The molecule has 0 spiro atoms. The fourth-order valence-electron chi connectivity index (χ4n) is 3.38. The van der Waals surface area contributed by atoms with Crippen LogP contribution in [0.15, 0.2) is 30.7 Å². The first-order valence-electron chi connectivity index (χ1n) is 9.96. The monoisotopic (exact) mass is 413 g/mol. The highest BCUT2D eigenvalue weighted by Gasteiger charge is 2.24. The highest BCUT2D eigenvalue weighted by molar-refractivity contribution is 5.92. The average Bonchev–Trinajstić information content (AvgIpc) is 2.76. The molecule has 1 fully saturated rings. The number of nitrogens with zero attached hydrogens (tertiary/aromatic N) is 3. The summed E-state index contributed by atoms with van der Waals surface area (Å²) in [5.74, 6) is 1.06. The molecule has 30 heavy (non-hydrogen) atoms. The summed E-state index contributed by atoms with van der Waals surface area (Å²) in [6.07, 6.45) is 6.50. The number of anilines is 1. The molecule has 0 aliphatic carbocycles.